The minimum Gasteiger partial charge on any atom is -0.495 e. The lowest BCUT2D eigenvalue weighted by molar-refractivity contribution is 0.419. The molecule has 0 aliphatic heterocycles. The molecule has 0 saturated heterocycles. The Kier molecular flexibility index (Phi) is 7.66. The van der Waals surface area contributed by atoms with Crippen LogP contribution in [0.4, 0.5) is 5.69 Å². The van der Waals surface area contributed by atoms with Gasteiger partial charge in [-0.1, -0.05) is 54.6 Å². The Balaban J connectivity index is 0.000000187. The zero-order chi connectivity index (χ0) is 25.7. The minimum absolute atomic E-state index is 0.0977. The fourth-order valence-electron chi connectivity index (χ4n) is 3.93. The maximum absolute atomic E-state index is 11.3. The number of ether oxygens (including phenoxy) is 2. The summed E-state index contributed by atoms with van der Waals surface area (Å²) < 4.78 is 11.0. The van der Waals surface area contributed by atoms with Gasteiger partial charge in [-0.15, -0.1) is 0 Å². The van der Waals surface area contributed by atoms with Crippen LogP contribution in [0.2, 0.25) is 0 Å². The topological polar surface area (TPSA) is 54.6 Å². The van der Waals surface area contributed by atoms with Gasteiger partial charge in [0.25, 0.3) is 5.17 Å². The Bertz CT molecular complexity index is 1590. The van der Waals surface area contributed by atoms with Crippen LogP contribution in [0.1, 0.15) is 11.1 Å². The number of aryl methyl sites for hydroxylation is 2. The summed E-state index contributed by atoms with van der Waals surface area (Å²) in [6, 6.07) is 29.6. The molecule has 5 rings (SSSR count). The summed E-state index contributed by atoms with van der Waals surface area (Å²) >= 11 is 5.41. The second-order valence-corrected chi connectivity index (χ2v) is 8.82. The van der Waals surface area contributed by atoms with Crippen LogP contribution in [0.15, 0.2) is 95.8 Å². The molecule has 1 heterocycles. The third-order valence-electron chi connectivity index (χ3n) is 5.86. The number of anilines is 1. The minimum atomic E-state index is -0.0977. The molecule has 6 heteroatoms. The van der Waals surface area contributed by atoms with Crippen LogP contribution in [-0.2, 0) is 0 Å². The Morgan fingerprint density at radius 3 is 2.36 bits per heavy atom. The Hall–Kier alpha value is -4.16. The molecule has 0 bridgehead atoms. The van der Waals surface area contributed by atoms with Gasteiger partial charge >= 0.3 is 0 Å². The summed E-state index contributed by atoms with van der Waals surface area (Å²) in [5, 5.41) is 3.78. The first-order valence-corrected chi connectivity index (χ1v) is 11.9. The van der Waals surface area contributed by atoms with E-state index in [1.807, 2.05) is 79.5 Å². The van der Waals surface area contributed by atoms with E-state index in [1.54, 1.807) is 13.2 Å². The first-order valence-electron chi connectivity index (χ1n) is 11.5. The first-order chi connectivity index (χ1) is 17.4. The van der Waals surface area contributed by atoms with E-state index in [1.165, 1.54) is 10.9 Å². The van der Waals surface area contributed by atoms with Crippen molar-refractivity contribution in [3.8, 4) is 11.5 Å². The van der Waals surface area contributed by atoms with E-state index in [0.717, 1.165) is 33.3 Å². The number of benzene rings is 4. The van der Waals surface area contributed by atoms with Gasteiger partial charge < -0.3 is 19.4 Å². The van der Waals surface area contributed by atoms with E-state index >= 15 is 0 Å². The maximum atomic E-state index is 11.3. The van der Waals surface area contributed by atoms with Gasteiger partial charge in [0.2, 0.25) is 5.56 Å². The van der Waals surface area contributed by atoms with Crippen LogP contribution in [0.25, 0.3) is 21.7 Å². The highest BCUT2D eigenvalue weighted by atomic mass is 32.1. The fraction of sp³-hybridized carbons (Fsp3) is 0.133. The van der Waals surface area contributed by atoms with Crippen molar-refractivity contribution in [1.82, 2.24) is 4.98 Å². The highest BCUT2D eigenvalue weighted by molar-refractivity contribution is 7.80. The number of fused-ring (bicyclic) bond motifs is 2. The Labute approximate surface area is 215 Å². The molecule has 4 aromatic carbocycles. The quantitative estimate of drug-likeness (QED) is 0.279. The van der Waals surface area contributed by atoms with E-state index in [-0.39, 0.29) is 5.56 Å². The van der Waals surface area contributed by atoms with E-state index in [2.05, 4.69) is 36.2 Å². The molecule has 0 fully saturated rings. The molecule has 0 unspecified atom stereocenters. The van der Waals surface area contributed by atoms with Crippen molar-refractivity contribution in [2.75, 3.05) is 19.1 Å². The molecule has 1 aromatic heterocycles. The zero-order valence-corrected chi connectivity index (χ0v) is 21.6. The third kappa shape index (κ3) is 5.73. The van der Waals surface area contributed by atoms with E-state index in [4.69, 9.17) is 21.7 Å². The predicted molar refractivity (Wildman–Crippen MR) is 153 cm³/mol. The van der Waals surface area contributed by atoms with Gasteiger partial charge in [0.05, 0.1) is 12.6 Å². The summed E-state index contributed by atoms with van der Waals surface area (Å²) in [6.07, 6.45) is 0. The maximum Gasteiger partial charge on any atom is 0.269 e. The monoisotopic (exact) mass is 496 g/mol. The number of H-pyrrole nitrogens is 1. The standard InChI is InChI=1S/C19H17NOS.C11H11NO2/c1-14-6-5-9-17(12-14)20(2)19(22)21-18-11-10-15-7-3-4-8-16(15)13-18;1-7-6-10(13)12-11-8(7)4-3-5-9(11)14-2/h3-13H,1-2H3;3-6H,1-2H3,(H,12,13). The Morgan fingerprint density at radius 1 is 0.861 bits per heavy atom. The van der Waals surface area contributed by atoms with Crippen molar-refractivity contribution in [2.24, 2.45) is 0 Å². The number of aromatic nitrogens is 1. The summed E-state index contributed by atoms with van der Waals surface area (Å²) in [5.74, 6) is 1.45. The van der Waals surface area contributed by atoms with Crippen molar-refractivity contribution in [1.29, 1.82) is 0 Å². The van der Waals surface area contributed by atoms with Crippen LogP contribution in [0.3, 0.4) is 0 Å². The summed E-state index contributed by atoms with van der Waals surface area (Å²) in [4.78, 5) is 15.9. The molecule has 182 valence electrons. The number of methoxy groups -OCH3 is 1. The molecule has 0 radical (unpaired) electrons. The van der Waals surface area contributed by atoms with E-state index < -0.39 is 0 Å². The second-order valence-electron chi connectivity index (χ2n) is 8.47. The molecular formula is C30H28N2O3S. The number of nitrogens with one attached hydrogen (secondary N) is 1. The number of thiocarbonyl (C=S) groups is 1. The summed E-state index contributed by atoms with van der Waals surface area (Å²) in [6.45, 7) is 3.97. The van der Waals surface area contributed by atoms with Crippen LogP contribution in [-0.4, -0.2) is 24.3 Å². The van der Waals surface area contributed by atoms with Crippen molar-refractivity contribution < 1.29 is 9.47 Å². The van der Waals surface area contributed by atoms with Crippen molar-refractivity contribution in [3.63, 3.8) is 0 Å². The number of hydrogen-bond donors (Lipinski definition) is 1. The van der Waals surface area contributed by atoms with Crippen molar-refractivity contribution in [3.05, 3.63) is 112 Å². The SMILES string of the molecule is COc1cccc2c(C)cc(=O)[nH]c12.Cc1cccc(N(C)C(=S)Oc2ccc3ccccc3c2)c1. The molecule has 1 N–H and O–H groups in total. The fourth-order valence-corrected chi connectivity index (χ4v) is 4.14. The van der Waals surface area contributed by atoms with Gasteiger partial charge in [-0.3, -0.25) is 4.79 Å². The highest BCUT2D eigenvalue weighted by Gasteiger charge is 2.10. The number of aromatic amines is 1. The lowest BCUT2D eigenvalue weighted by Crippen LogP contribution is -2.29. The van der Waals surface area contributed by atoms with Crippen molar-refractivity contribution in [2.45, 2.75) is 13.8 Å². The van der Waals surface area contributed by atoms with Crippen LogP contribution >= 0.6 is 12.2 Å². The lowest BCUT2D eigenvalue weighted by Gasteiger charge is -2.20. The van der Waals surface area contributed by atoms with Gasteiger partial charge in [0, 0.05) is 24.2 Å². The summed E-state index contributed by atoms with van der Waals surface area (Å²) in [5.41, 5.74) is 3.84. The molecule has 0 amide bonds. The van der Waals surface area contributed by atoms with Crippen LogP contribution < -0.4 is 19.9 Å². The van der Waals surface area contributed by atoms with Crippen LogP contribution in [0, 0.1) is 13.8 Å². The number of rotatable bonds is 3. The molecule has 5 nitrogen and oxygen atoms in total. The zero-order valence-electron chi connectivity index (χ0n) is 20.7. The molecular weight excluding hydrogens is 468 g/mol. The smallest absolute Gasteiger partial charge is 0.269 e. The average molecular weight is 497 g/mol. The highest BCUT2D eigenvalue weighted by Crippen LogP contribution is 2.24. The number of nitrogens with zero attached hydrogens (tertiary/aromatic N) is 1. The number of para-hydroxylation sites is 1. The van der Waals surface area contributed by atoms with Crippen LogP contribution in [0.5, 0.6) is 11.5 Å². The molecule has 0 spiro atoms. The molecule has 0 aliphatic carbocycles. The van der Waals surface area contributed by atoms with Gasteiger partial charge in [-0.2, -0.15) is 0 Å². The largest absolute Gasteiger partial charge is 0.495 e. The van der Waals surface area contributed by atoms with Gasteiger partial charge in [-0.25, -0.2) is 0 Å². The molecule has 0 aliphatic rings. The normalized spacial score (nSPS) is 10.4. The lowest BCUT2D eigenvalue weighted by atomic mass is 10.1. The predicted octanol–water partition coefficient (Wildman–Crippen LogP) is 6.79. The molecule has 36 heavy (non-hydrogen) atoms. The van der Waals surface area contributed by atoms with Gasteiger partial charge in [0.1, 0.15) is 11.5 Å². The van der Waals surface area contributed by atoms with E-state index in [9.17, 15) is 4.79 Å². The second kappa shape index (κ2) is 11.1. The Morgan fingerprint density at radius 2 is 1.61 bits per heavy atom. The van der Waals surface area contributed by atoms with Gasteiger partial charge in [-0.05, 0) is 78.3 Å². The molecule has 0 saturated carbocycles. The number of pyridine rings is 1. The first kappa shape index (κ1) is 24.9. The third-order valence-corrected chi connectivity index (χ3v) is 6.21. The molecule has 0 atom stereocenters. The van der Waals surface area contributed by atoms with Gasteiger partial charge in [0.15, 0.2) is 0 Å². The molecule has 5 aromatic rings. The van der Waals surface area contributed by atoms with E-state index in [0.29, 0.717) is 10.9 Å². The average Bonchev–Trinajstić information content (AvgIpc) is 2.88. The summed E-state index contributed by atoms with van der Waals surface area (Å²) in [7, 11) is 3.51. The van der Waals surface area contributed by atoms with Crippen molar-refractivity contribution >= 4 is 44.8 Å². The number of hydrogen-bond acceptors (Lipinski definition) is 4.